The van der Waals surface area contributed by atoms with Crippen LogP contribution in [0.2, 0.25) is 5.02 Å². The molecule has 1 amide bonds. The van der Waals surface area contributed by atoms with Gasteiger partial charge in [-0.15, -0.1) is 0 Å². The summed E-state index contributed by atoms with van der Waals surface area (Å²) >= 11 is 7.76. The second-order valence-electron chi connectivity index (χ2n) is 7.76. The van der Waals surface area contributed by atoms with E-state index in [9.17, 15) is 10.1 Å². The van der Waals surface area contributed by atoms with Crippen molar-refractivity contribution in [2.24, 2.45) is 0 Å². The number of nitrogens with one attached hydrogen (secondary N) is 1. The molecule has 168 valence electrons. The highest BCUT2D eigenvalue weighted by Gasteiger charge is 2.22. The van der Waals surface area contributed by atoms with Crippen molar-refractivity contribution in [1.29, 1.82) is 5.26 Å². The highest BCUT2D eigenvalue weighted by Crippen LogP contribution is 2.38. The Hall–Kier alpha value is -3.59. The van der Waals surface area contributed by atoms with E-state index in [0.29, 0.717) is 26.9 Å². The SMILES string of the molecule is Cc1ccccc1NC(=O)C(C)Sc1nc(-c2ccccc2)cc(-c2ccccc2Cl)c1C#N. The van der Waals surface area contributed by atoms with Gasteiger partial charge in [0.05, 0.1) is 16.5 Å². The molecule has 4 aromatic rings. The number of rotatable bonds is 6. The van der Waals surface area contributed by atoms with Crippen LogP contribution in [0.25, 0.3) is 22.4 Å². The molecule has 4 rings (SSSR count). The van der Waals surface area contributed by atoms with Gasteiger partial charge < -0.3 is 5.32 Å². The number of amides is 1. The molecule has 4 nitrogen and oxygen atoms in total. The van der Waals surface area contributed by atoms with Crippen LogP contribution < -0.4 is 5.32 Å². The first-order valence-electron chi connectivity index (χ1n) is 10.8. The first-order valence-corrected chi connectivity index (χ1v) is 12.0. The van der Waals surface area contributed by atoms with Gasteiger partial charge >= 0.3 is 0 Å². The smallest absolute Gasteiger partial charge is 0.237 e. The number of anilines is 1. The lowest BCUT2D eigenvalue weighted by Gasteiger charge is -2.17. The van der Waals surface area contributed by atoms with Crippen LogP contribution in [-0.4, -0.2) is 16.1 Å². The number of halogens is 1. The molecule has 0 bridgehead atoms. The molecule has 0 aliphatic carbocycles. The largest absolute Gasteiger partial charge is 0.325 e. The summed E-state index contributed by atoms with van der Waals surface area (Å²) in [5.41, 5.74) is 5.21. The quantitative estimate of drug-likeness (QED) is 0.291. The van der Waals surface area contributed by atoms with E-state index < -0.39 is 5.25 Å². The zero-order valence-electron chi connectivity index (χ0n) is 18.7. The molecule has 34 heavy (non-hydrogen) atoms. The van der Waals surface area contributed by atoms with Crippen molar-refractivity contribution in [2.45, 2.75) is 24.1 Å². The summed E-state index contributed by atoms with van der Waals surface area (Å²) in [6, 6.07) is 29.0. The molecule has 0 spiro atoms. The Kier molecular flexibility index (Phi) is 7.32. The predicted molar refractivity (Wildman–Crippen MR) is 140 cm³/mol. The molecule has 0 radical (unpaired) electrons. The lowest BCUT2D eigenvalue weighted by molar-refractivity contribution is -0.115. The molecule has 3 aromatic carbocycles. The average Bonchev–Trinajstić information content (AvgIpc) is 2.85. The predicted octanol–water partition coefficient (Wildman–Crippen LogP) is 7.37. The standard InChI is InChI=1S/C28H22ClN3OS/c1-18-10-6-9-15-25(18)31-27(33)19(2)34-28-23(17-30)22(21-13-7-8-14-24(21)29)16-26(32-28)20-11-4-3-5-12-20/h3-16,19H,1-2H3,(H,31,33). The number of carbonyl (C=O) groups excluding carboxylic acids is 1. The Labute approximate surface area is 208 Å². The lowest BCUT2D eigenvalue weighted by Crippen LogP contribution is -2.23. The number of para-hydroxylation sites is 1. The number of nitriles is 1. The van der Waals surface area contributed by atoms with Crippen molar-refractivity contribution in [3.8, 4) is 28.5 Å². The maximum atomic E-state index is 13.0. The Morgan fingerprint density at radius 1 is 1.00 bits per heavy atom. The maximum absolute atomic E-state index is 13.0. The summed E-state index contributed by atoms with van der Waals surface area (Å²) in [7, 11) is 0. The minimum absolute atomic E-state index is 0.158. The van der Waals surface area contributed by atoms with Gasteiger partial charge in [0.25, 0.3) is 0 Å². The Bertz CT molecular complexity index is 1380. The average molecular weight is 484 g/mol. The highest BCUT2D eigenvalue weighted by atomic mass is 35.5. The van der Waals surface area contributed by atoms with Gasteiger partial charge in [0.2, 0.25) is 5.91 Å². The van der Waals surface area contributed by atoms with Crippen LogP contribution in [-0.2, 0) is 4.79 Å². The van der Waals surface area contributed by atoms with E-state index in [4.69, 9.17) is 16.6 Å². The molecule has 1 unspecified atom stereocenters. The van der Waals surface area contributed by atoms with E-state index in [1.807, 2.05) is 92.7 Å². The van der Waals surface area contributed by atoms with Gasteiger partial charge in [0.15, 0.2) is 0 Å². The summed E-state index contributed by atoms with van der Waals surface area (Å²) in [5.74, 6) is -0.158. The lowest BCUT2D eigenvalue weighted by atomic mass is 9.99. The maximum Gasteiger partial charge on any atom is 0.237 e. The number of pyridine rings is 1. The van der Waals surface area contributed by atoms with E-state index in [2.05, 4.69) is 11.4 Å². The molecule has 6 heteroatoms. The van der Waals surface area contributed by atoms with E-state index in [1.165, 1.54) is 11.8 Å². The third-order valence-corrected chi connectivity index (χ3v) is 6.81. The molecule has 1 N–H and O–H groups in total. The number of nitrogens with zero attached hydrogens (tertiary/aromatic N) is 2. The minimum Gasteiger partial charge on any atom is -0.325 e. The van der Waals surface area contributed by atoms with Crippen LogP contribution in [0, 0.1) is 18.3 Å². The Morgan fingerprint density at radius 3 is 2.38 bits per heavy atom. The van der Waals surface area contributed by atoms with Crippen LogP contribution >= 0.6 is 23.4 Å². The van der Waals surface area contributed by atoms with Crippen molar-refractivity contribution < 1.29 is 4.79 Å². The first kappa shape index (κ1) is 23.6. The van der Waals surface area contributed by atoms with Gasteiger partial charge in [-0.2, -0.15) is 5.26 Å². The van der Waals surface area contributed by atoms with Crippen LogP contribution in [0.15, 0.2) is 90.0 Å². The number of benzene rings is 3. The number of aryl methyl sites for hydroxylation is 1. The first-order chi connectivity index (χ1) is 16.5. The summed E-state index contributed by atoms with van der Waals surface area (Å²) in [5, 5.41) is 13.6. The fourth-order valence-corrected chi connectivity index (χ4v) is 4.70. The van der Waals surface area contributed by atoms with Gasteiger partial charge in [0, 0.05) is 27.4 Å². The third-order valence-electron chi connectivity index (χ3n) is 5.39. The second-order valence-corrected chi connectivity index (χ2v) is 9.49. The molecular weight excluding hydrogens is 462 g/mol. The van der Waals surface area contributed by atoms with Crippen molar-refractivity contribution >= 4 is 35.0 Å². The molecule has 0 saturated heterocycles. The van der Waals surface area contributed by atoms with Gasteiger partial charge in [-0.05, 0) is 37.6 Å². The number of thioether (sulfide) groups is 1. The number of hydrogen-bond donors (Lipinski definition) is 1. The molecule has 1 atom stereocenters. The third kappa shape index (κ3) is 5.14. The van der Waals surface area contributed by atoms with Gasteiger partial charge in [-0.25, -0.2) is 4.98 Å². The summed E-state index contributed by atoms with van der Waals surface area (Å²) in [6.07, 6.45) is 0. The van der Waals surface area contributed by atoms with Crippen molar-refractivity contribution in [1.82, 2.24) is 4.98 Å². The molecule has 1 heterocycles. The van der Waals surface area contributed by atoms with Gasteiger partial charge in [0.1, 0.15) is 11.1 Å². The zero-order valence-corrected chi connectivity index (χ0v) is 20.3. The van der Waals surface area contributed by atoms with E-state index >= 15 is 0 Å². The molecule has 0 fully saturated rings. The van der Waals surface area contributed by atoms with E-state index in [-0.39, 0.29) is 5.91 Å². The number of aromatic nitrogens is 1. The van der Waals surface area contributed by atoms with Gasteiger partial charge in [-0.3, -0.25) is 4.79 Å². The molecule has 0 saturated carbocycles. The second kappa shape index (κ2) is 10.6. The van der Waals surface area contributed by atoms with E-state index in [1.54, 1.807) is 6.07 Å². The van der Waals surface area contributed by atoms with E-state index in [0.717, 1.165) is 22.4 Å². The molecule has 1 aromatic heterocycles. The van der Waals surface area contributed by atoms with Crippen molar-refractivity contribution in [2.75, 3.05) is 5.32 Å². The summed E-state index contributed by atoms with van der Waals surface area (Å²) in [4.78, 5) is 17.8. The molecule has 0 aliphatic rings. The van der Waals surface area contributed by atoms with Gasteiger partial charge in [-0.1, -0.05) is 90.1 Å². The minimum atomic E-state index is -0.482. The van der Waals surface area contributed by atoms with Crippen LogP contribution in [0.4, 0.5) is 5.69 Å². The highest BCUT2D eigenvalue weighted by molar-refractivity contribution is 8.00. The summed E-state index contributed by atoms with van der Waals surface area (Å²) in [6.45, 7) is 3.76. The van der Waals surface area contributed by atoms with Crippen molar-refractivity contribution in [3.05, 3.63) is 101 Å². The van der Waals surface area contributed by atoms with Crippen molar-refractivity contribution in [3.63, 3.8) is 0 Å². The molecular formula is C28H22ClN3OS. The van der Waals surface area contributed by atoms with Crippen LogP contribution in [0.1, 0.15) is 18.1 Å². The van der Waals surface area contributed by atoms with Crippen LogP contribution in [0.3, 0.4) is 0 Å². The topological polar surface area (TPSA) is 65.8 Å². The number of hydrogen-bond acceptors (Lipinski definition) is 4. The fourth-order valence-electron chi connectivity index (χ4n) is 3.53. The zero-order chi connectivity index (χ0) is 24.1. The monoisotopic (exact) mass is 483 g/mol. The normalized spacial score (nSPS) is 11.5. The fraction of sp³-hybridized carbons (Fsp3) is 0.107. The number of carbonyl (C=O) groups is 1. The van der Waals surface area contributed by atoms with Crippen LogP contribution in [0.5, 0.6) is 0 Å². The molecule has 0 aliphatic heterocycles. The Balaban J connectivity index is 1.76. The summed E-state index contributed by atoms with van der Waals surface area (Å²) < 4.78 is 0. The Morgan fingerprint density at radius 2 is 1.68 bits per heavy atom.